The summed E-state index contributed by atoms with van der Waals surface area (Å²) in [5, 5.41) is 11.5. The molecule has 1 fully saturated rings. The van der Waals surface area contributed by atoms with Crippen LogP contribution in [0.4, 0.5) is 10.2 Å². The van der Waals surface area contributed by atoms with E-state index in [0.717, 1.165) is 16.6 Å². The van der Waals surface area contributed by atoms with Crippen molar-refractivity contribution in [1.29, 1.82) is 0 Å². The van der Waals surface area contributed by atoms with E-state index in [-0.39, 0.29) is 11.9 Å². The SMILES string of the molecule is CNc1cc(-c2cn(C(C)C)c3ncc(Cl)cc23)nc2c(C(=O)N[C@H]3C[C@H]3F)cnn12. The fourth-order valence-electron chi connectivity index (χ4n) is 3.70. The summed E-state index contributed by atoms with van der Waals surface area (Å²) in [4.78, 5) is 22.0. The Kier molecular flexibility index (Phi) is 4.58. The molecule has 1 aliphatic rings. The molecule has 5 rings (SSSR count). The largest absolute Gasteiger partial charge is 0.373 e. The molecule has 0 aromatic carbocycles. The Balaban J connectivity index is 1.69. The second-order valence-corrected chi connectivity index (χ2v) is 8.41. The van der Waals surface area contributed by atoms with Gasteiger partial charge in [-0.05, 0) is 19.9 Å². The summed E-state index contributed by atoms with van der Waals surface area (Å²) in [6.07, 6.45) is 4.42. The first-order valence-corrected chi connectivity index (χ1v) is 10.4. The van der Waals surface area contributed by atoms with Crippen LogP contribution in [0, 0.1) is 0 Å². The van der Waals surface area contributed by atoms with Crippen molar-refractivity contribution in [2.75, 3.05) is 12.4 Å². The number of carbonyl (C=O) groups excluding carboxylic acids is 1. The average molecular weight is 442 g/mol. The van der Waals surface area contributed by atoms with Crippen LogP contribution in [0.2, 0.25) is 5.02 Å². The van der Waals surface area contributed by atoms with Crippen LogP contribution in [0.5, 0.6) is 0 Å². The Morgan fingerprint density at radius 2 is 2.06 bits per heavy atom. The molecule has 4 heterocycles. The van der Waals surface area contributed by atoms with Crippen LogP contribution >= 0.6 is 11.6 Å². The van der Waals surface area contributed by atoms with Crippen LogP contribution in [0.1, 0.15) is 36.7 Å². The number of pyridine rings is 1. The number of nitrogens with zero attached hydrogens (tertiary/aromatic N) is 5. The van der Waals surface area contributed by atoms with E-state index < -0.39 is 12.2 Å². The van der Waals surface area contributed by atoms with Crippen molar-refractivity contribution in [2.24, 2.45) is 0 Å². The smallest absolute Gasteiger partial charge is 0.257 e. The third kappa shape index (κ3) is 3.29. The predicted molar refractivity (Wildman–Crippen MR) is 117 cm³/mol. The van der Waals surface area contributed by atoms with Gasteiger partial charge in [0.15, 0.2) is 5.65 Å². The standard InChI is InChI=1S/C21H21ClFN7O/c1-10(2)29-9-14(12-4-11(22)7-25-19(12)29)16-6-18(24-3)30-20(27-16)13(8-26-30)21(31)28-17-5-15(17)23/h4,6-10,15,17,24H,5H2,1-3H3,(H,28,31)/t15-,17+/m1/s1. The van der Waals surface area contributed by atoms with Crippen molar-refractivity contribution >= 4 is 40.0 Å². The number of fused-ring (bicyclic) bond motifs is 2. The molecular weight excluding hydrogens is 421 g/mol. The van der Waals surface area contributed by atoms with E-state index in [4.69, 9.17) is 16.6 Å². The number of amides is 1. The van der Waals surface area contributed by atoms with Gasteiger partial charge in [0.1, 0.15) is 23.2 Å². The minimum absolute atomic E-state index is 0.181. The number of rotatable bonds is 5. The topological polar surface area (TPSA) is 89.1 Å². The first kappa shape index (κ1) is 19.7. The molecule has 0 spiro atoms. The van der Waals surface area contributed by atoms with Gasteiger partial charge in [-0.3, -0.25) is 4.79 Å². The highest BCUT2D eigenvalue weighted by atomic mass is 35.5. The molecule has 31 heavy (non-hydrogen) atoms. The lowest BCUT2D eigenvalue weighted by molar-refractivity contribution is 0.0949. The molecule has 160 valence electrons. The van der Waals surface area contributed by atoms with E-state index in [1.54, 1.807) is 17.8 Å². The van der Waals surface area contributed by atoms with Crippen molar-refractivity contribution in [1.82, 2.24) is 29.5 Å². The Labute approximate surface area is 182 Å². The molecule has 0 bridgehead atoms. The van der Waals surface area contributed by atoms with E-state index in [2.05, 4.69) is 39.1 Å². The maximum Gasteiger partial charge on any atom is 0.257 e. The molecule has 10 heteroatoms. The summed E-state index contributed by atoms with van der Waals surface area (Å²) in [5.74, 6) is 0.274. The second-order valence-electron chi connectivity index (χ2n) is 7.97. The van der Waals surface area contributed by atoms with Gasteiger partial charge in [-0.25, -0.2) is 14.4 Å². The van der Waals surface area contributed by atoms with Crippen LogP contribution in [0.3, 0.4) is 0 Å². The zero-order valence-corrected chi connectivity index (χ0v) is 18.0. The lowest BCUT2D eigenvalue weighted by atomic mass is 10.1. The number of carbonyl (C=O) groups is 1. The molecule has 0 aliphatic heterocycles. The minimum atomic E-state index is -0.985. The number of anilines is 1. The first-order chi connectivity index (χ1) is 14.9. The molecular formula is C21H21ClFN7O. The molecule has 0 saturated heterocycles. The lowest BCUT2D eigenvalue weighted by Crippen LogP contribution is -2.27. The van der Waals surface area contributed by atoms with Crippen LogP contribution in [0.15, 0.2) is 30.7 Å². The quantitative estimate of drug-likeness (QED) is 0.491. The zero-order chi connectivity index (χ0) is 21.9. The van der Waals surface area contributed by atoms with E-state index in [1.807, 2.05) is 18.3 Å². The van der Waals surface area contributed by atoms with Crippen molar-refractivity contribution in [3.05, 3.63) is 41.3 Å². The highest BCUT2D eigenvalue weighted by Crippen LogP contribution is 2.34. The Bertz CT molecular complexity index is 1330. The van der Waals surface area contributed by atoms with E-state index in [9.17, 15) is 9.18 Å². The van der Waals surface area contributed by atoms with Crippen LogP contribution in [0.25, 0.3) is 27.9 Å². The van der Waals surface area contributed by atoms with Crippen molar-refractivity contribution in [2.45, 2.75) is 38.5 Å². The molecule has 4 aromatic heterocycles. The summed E-state index contributed by atoms with van der Waals surface area (Å²) in [5.41, 5.74) is 2.97. The molecule has 2 atom stereocenters. The molecule has 4 aromatic rings. The number of hydrogen-bond acceptors (Lipinski definition) is 5. The monoisotopic (exact) mass is 441 g/mol. The molecule has 0 unspecified atom stereocenters. The number of alkyl halides is 1. The van der Waals surface area contributed by atoms with Gasteiger partial charge < -0.3 is 15.2 Å². The molecule has 2 N–H and O–H groups in total. The number of aromatic nitrogens is 5. The van der Waals surface area contributed by atoms with E-state index >= 15 is 0 Å². The number of hydrogen-bond donors (Lipinski definition) is 2. The lowest BCUT2D eigenvalue weighted by Gasteiger charge is -2.08. The zero-order valence-electron chi connectivity index (χ0n) is 17.2. The number of halogens is 2. The predicted octanol–water partition coefficient (Wildman–Crippen LogP) is 3.86. The van der Waals surface area contributed by atoms with Gasteiger partial charge in [-0.15, -0.1) is 0 Å². The van der Waals surface area contributed by atoms with Gasteiger partial charge in [0.25, 0.3) is 5.91 Å². The molecule has 8 nitrogen and oxygen atoms in total. The van der Waals surface area contributed by atoms with E-state index in [1.165, 1.54) is 6.20 Å². The van der Waals surface area contributed by atoms with Crippen LogP contribution in [-0.4, -0.2) is 49.3 Å². The third-order valence-electron chi connectivity index (χ3n) is 5.47. The van der Waals surface area contributed by atoms with Crippen LogP contribution < -0.4 is 10.6 Å². The van der Waals surface area contributed by atoms with Gasteiger partial charge in [-0.2, -0.15) is 9.61 Å². The minimum Gasteiger partial charge on any atom is -0.373 e. The fourth-order valence-corrected chi connectivity index (χ4v) is 3.86. The maximum atomic E-state index is 13.3. The summed E-state index contributed by atoms with van der Waals surface area (Å²) in [6, 6.07) is 3.47. The first-order valence-electron chi connectivity index (χ1n) is 10.0. The normalized spacial score (nSPS) is 18.1. The van der Waals surface area contributed by atoms with Crippen LogP contribution in [-0.2, 0) is 0 Å². The van der Waals surface area contributed by atoms with Gasteiger partial charge >= 0.3 is 0 Å². The maximum absolute atomic E-state index is 13.3. The van der Waals surface area contributed by atoms with Crippen molar-refractivity contribution in [3.8, 4) is 11.3 Å². The average Bonchev–Trinajstić information content (AvgIpc) is 3.14. The summed E-state index contributed by atoms with van der Waals surface area (Å²) < 4.78 is 16.9. The summed E-state index contributed by atoms with van der Waals surface area (Å²) in [6.45, 7) is 4.15. The van der Waals surface area contributed by atoms with Gasteiger partial charge in [0.2, 0.25) is 0 Å². The van der Waals surface area contributed by atoms with Gasteiger partial charge in [0, 0.05) is 48.9 Å². The highest BCUT2D eigenvalue weighted by Gasteiger charge is 2.39. The second kappa shape index (κ2) is 7.19. The molecule has 1 amide bonds. The Morgan fingerprint density at radius 1 is 1.29 bits per heavy atom. The Morgan fingerprint density at radius 3 is 2.74 bits per heavy atom. The van der Waals surface area contributed by atoms with Crippen molar-refractivity contribution in [3.63, 3.8) is 0 Å². The fraction of sp³-hybridized carbons (Fsp3) is 0.333. The van der Waals surface area contributed by atoms with Crippen molar-refractivity contribution < 1.29 is 9.18 Å². The Hall–Kier alpha value is -3.20. The summed E-state index contributed by atoms with van der Waals surface area (Å²) >= 11 is 6.23. The number of nitrogens with one attached hydrogen (secondary N) is 2. The summed E-state index contributed by atoms with van der Waals surface area (Å²) in [7, 11) is 1.77. The molecule has 1 saturated carbocycles. The van der Waals surface area contributed by atoms with Gasteiger partial charge in [0.05, 0.1) is 23.0 Å². The van der Waals surface area contributed by atoms with Gasteiger partial charge in [-0.1, -0.05) is 11.6 Å². The van der Waals surface area contributed by atoms with E-state index in [0.29, 0.717) is 34.2 Å². The third-order valence-corrected chi connectivity index (χ3v) is 5.68. The molecule has 0 radical (unpaired) electrons. The highest BCUT2D eigenvalue weighted by molar-refractivity contribution is 6.31. The molecule has 1 aliphatic carbocycles.